The van der Waals surface area contributed by atoms with Crippen molar-refractivity contribution in [2.75, 3.05) is 26.4 Å². The Morgan fingerprint density at radius 3 is 1.13 bits per heavy atom. The van der Waals surface area contributed by atoms with Crippen LogP contribution < -0.4 is 10.6 Å². The lowest BCUT2D eigenvalue weighted by molar-refractivity contribution is 0.0901. The normalized spacial score (nSPS) is 32.6. The van der Waals surface area contributed by atoms with Crippen molar-refractivity contribution in [3.8, 4) is 0 Å². The molecule has 4 aliphatic rings. The number of rotatable bonds is 14. The number of nitrogens with one attached hydrogen (secondary N) is 2. The monoisotopic (exact) mass is 630 g/mol. The van der Waals surface area contributed by atoms with Crippen molar-refractivity contribution in [2.24, 2.45) is 35.5 Å². The number of carbonyl (C=O) groups excluding carboxylic acids is 2. The average molecular weight is 631 g/mol. The van der Waals surface area contributed by atoms with Gasteiger partial charge in [-0.25, -0.2) is 9.59 Å². The zero-order chi connectivity index (χ0) is 31.7. The molecule has 0 radical (unpaired) electrons. The van der Waals surface area contributed by atoms with Gasteiger partial charge in [-0.2, -0.15) is 0 Å². The quantitative estimate of drug-likeness (QED) is 0.187. The van der Waals surface area contributed by atoms with E-state index < -0.39 is 0 Å². The Morgan fingerprint density at radius 2 is 0.800 bits per heavy atom. The summed E-state index contributed by atoms with van der Waals surface area (Å²) in [6, 6.07) is 0.484. The first kappa shape index (κ1) is 35.5. The number of carbonyl (C=O) groups is 2. The van der Waals surface area contributed by atoms with Gasteiger partial charge in [-0.15, -0.1) is 0 Å². The molecule has 0 aromatic carbocycles. The van der Waals surface area contributed by atoms with Crippen LogP contribution >= 0.6 is 0 Å². The van der Waals surface area contributed by atoms with E-state index in [1.807, 2.05) is 26.0 Å². The number of amides is 2. The highest BCUT2D eigenvalue weighted by atomic mass is 16.6. The van der Waals surface area contributed by atoms with Crippen LogP contribution in [0.4, 0.5) is 9.59 Å². The Morgan fingerprint density at radius 1 is 0.489 bits per heavy atom. The minimum absolute atomic E-state index is 0.237. The zero-order valence-corrected chi connectivity index (χ0v) is 28.2. The highest BCUT2D eigenvalue weighted by molar-refractivity contribution is 5.67. The second-order valence-corrected chi connectivity index (χ2v) is 14.5. The maximum Gasteiger partial charge on any atom is 0.407 e. The van der Waals surface area contributed by atoms with Gasteiger partial charge in [0.1, 0.15) is 0 Å². The maximum absolute atomic E-state index is 12.5. The molecule has 0 aromatic heterocycles. The largest absolute Gasteiger partial charge is 0.501 e. The molecule has 2 N–H and O–H groups in total. The molecule has 0 aromatic rings. The molecule has 0 saturated heterocycles. The van der Waals surface area contributed by atoms with Crippen LogP contribution in [-0.4, -0.2) is 50.7 Å². The van der Waals surface area contributed by atoms with Crippen LogP contribution in [0, 0.1) is 35.5 Å². The average Bonchev–Trinajstić information content (AvgIpc) is 3.06. The molecule has 0 atom stereocenters. The second kappa shape index (κ2) is 20.0. The molecule has 45 heavy (non-hydrogen) atoms. The Kier molecular flexibility index (Phi) is 15.8. The van der Waals surface area contributed by atoms with E-state index >= 15 is 0 Å². The van der Waals surface area contributed by atoms with Crippen LogP contribution in [0.5, 0.6) is 0 Å². The number of allylic oxidation sites excluding steroid dienone is 2. The van der Waals surface area contributed by atoms with Crippen molar-refractivity contribution in [2.45, 2.75) is 135 Å². The predicted molar refractivity (Wildman–Crippen MR) is 178 cm³/mol. The molecule has 256 valence electrons. The van der Waals surface area contributed by atoms with E-state index in [1.165, 1.54) is 32.1 Å². The number of hydrogen-bond acceptors (Lipinski definition) is 6. The smallest absolute Gasteiger partial charge is 0.407 e. The van der Waals surface area contributed by atoms with Crippen molar-refractivity contribution in [3.05, 3.63) is 24.7 Å². The van der Waals surface area contributed by atoms with Crippen molar-refractivity contribution >= 4 is 12.2 Å². The van der Waals surface area contributed by atoms with E-state index in [4.69, 9.17) is 18.9 Å². The van der Waals surface area contributed by atoms with Gasteiger partial charge >= 0.3 is 12.2 Å². The van der Waals surface area contributed by atoms with E-state index in [1.54, 1.807) is 12.5 Å². The van der Waals surface area contributed by atoms with Gasteiger partial charge in [0.2, 0.25) is 0 Å². The van der Waals surface area contributed by atoms with Gasteiger partial charge in [0.25, 0.3) is 0 Å². The number of ether oxygens (including phenoxy) is 4. The Balaban J connectivity index is 0.990. The summed E-state index contributed by atoms with van der Waals surface area (Å²) in [5.41, 5.74) is 0. The van der Waals surface area contributed by atoms with Crippen molar-refractivity contribution in [1.29, 1.82) is 0 Å². The standard InChI is InChI=1S/C37H62N2O6/c1-3-21-42-24-30-5-9-32(10-6-30)26-44-36(40)38-34-17-13-28(14-18-34)23-29-15-19-35(20-16-29)39-37(41)45-27-33-11-7-31(8-12-33)25-43-22-4-2/h3-4,21-22,28-35H,5-20,23-27H2,1-2H3,(H,38,40)(H,39,41)/b21-3+,22-4+. The molecule has 0 heterocycles. The van der Waals surface area contributed by atoms with Crippen molar-refractivity contribution < 1.29 is 28.5 Å². The lowest BCUT2D eigenvalue weighted by Gasteiger charge is -2.34. The van der Waals surface area contributed by atoms with Crippen LogP contribution in [-0.2, 0) is 18.9 Å². The first-order valence-electron chi connectivity index (χ1n) is 18.3. The molecule has 4 saturated carbocycles. The molecular formula is C37H62N2O6. The molecule has 2 amide bonds. The Bertz CT molecular complexity index is 821. The van der Waals surface area contributed by atoms with Gasteiger partial charge in [-0.05, 0) is 159 Å². The molecule has 8 heteroatoms. The zero-order valence-electron chi connectivity index (χ0n) is 28.2. The van der Waals surface area contributed by atoms with Crippen LogP contribution in [0.1, 0.15) is 123 Å². The van der Waals surface area contributed by atoms with Gasteiger partial charge in [-0.3, -0.25) is 0 Å². The predicted octanol–water partition coefficient (Wildman–Crippen LogP) is 8.66. The first-order chi connectivity index (χ1) is 22.0. The van der Waals surface area contributed by atoms with E-state index in [-0.39, 0.29) is 24.3 Å². The van der Waals surface area contributed by atoms with Gasteiger partial charge in [0, 0.05) is 12.1 Å². The fraction of sp³-hybridized carbons (Fsp3) is 0.838. The summed E-state index contributed by atoms with van der Waals surface area (Å²) in [4.78, 5) is 24.9. The fourth-order valence-electron chi connectivity index (χ4n) is 8.07. The molecular weight excluding hydrogens is 568 g/mol. The van der Waals surface area contributed by atoms with Crippen LogP contribution in [0.15, 0.2) is 24.7 Å². The van der Waals surface area contributed by atoms with E-state index in [0.29, 0.717) is 36.9 Å². The Hall–Kier alpha value is -2.38. The topological polar surface area (TPSA) is 95.1 Å². The summed E-state index contributed by atoms with van der Waals surface area (Å²) >= 11 is 0. The van der Waals surface area contributed by atoms with E-state index in [2.05, 4.69) is 10.6 Å². The van der Waals surface area contributed by atoms with Gasteiger partial charge in [0.05, 0.1) is 39.0 Å². The van der Waals surface area contributed by atoms with Crippen LogP contribution in [0.25, 0.3) is 0 Å². The van der Waals surface area contributed by atoms with Gasteiger partial charge in [0.15, 0.2) is 0 Å². The first-order valence-corrected chi connectivity index (χ1v) is 18.3. The molecule has 0 spiro atoms. The van der Waals surface area contributed by atoms with Crippen LogP contribution in [0.2, 0.25) is 0 Å². The summed E-state index contributed by atoms with van der Waals surface area (Å²) in [6.07, 6.45) is 26.2. The molecule has 0 unspecified atom stereocenters. The number of hydrogen-bond donors (Lipinski definition) is 2. The molecule has 0 bridgehead atoms. The van der Waals surface area contributed by atoms with Crippen molar-refractivity contribution in [3.63, 3.8) is 0 Å². The molecule has 4 rings (SSSR count). The van der Waals surface area contributed by atoms with E-state index in [9.17, 15) is 9.59 Å². The molecule has 8 nitrogen and oxygen atoms in total. The van der Waals surface area contributed by atoms with E-state index in [0.717, 1.165) is 102 Å². The van der Waals surface area contributed by atoms with Gasteiger partial charge in [-0.1, -0.05) is 12.2 Å². The molecule has 4 fully saturated rings. The summed E-state index contributed by atoms with van der Waals surface area (Å²) in [5.74, 6) is 3.69. The third-order valence-electron chi connectivity index (χ3n) is 11.0. The highest BCUT2D eigenvalue weighted by Gasteiger charge is 2.29. The second-order valence-electron chi connectivity index (χ2n) is 14.5. The third-order valence-corrected chi connectivity index (χ3v) is 11.0. The lowest BCUT2D eigenvalue weighted by Crippen LogP contribution is -2.40. The third kappa shape index (κ3) is 13.5. The summed E-state index contributed by atoms with van der Waals surface area (Å²) in [5, 5.41) is 6.29. The fourth-order valence-corrected chi connectivity index (χ4v) is 8.07. The lowest BCUT2D eigenvalue weighted by atomic mass is 9.76. The maximum atomic E-state index is 12.5. The summed E-state index contributed by atoms with van der Waals surface area (Å²) < 4.78 is 22.4. The molecule has 0 aliphatic heterocycles. The molecule has 4 aliphatic carbocycles. The van der Waals surface area contributed by atoms with Gasteiger partial charge < -0.3 is 29.6 Å². The van der Waals surface area contributed by atoms with Crippen LogP contribution in [0.3, 0.4) is 0 Å². The SMILES string of the molecule is C/C=C/OCC1CCC(COC(=O)NC2CCC(CC3CCC(NC(=O)OCC4CCC(CO/C=C/C)CC4)CC3)CC2)CC1. The van der Waals surface area contributed by atoms with Crippen molar-refractivity contribution in [1.82, 2.24) is 10.6 Å². The highest BCUT2D eigenvalue weighted by Crippen LogP contribution is 2.36. The minimum Gasteiger partial charge on any atom is -0.501 e. The summed E-state index contributed by atoms with van der Waals surface area (Å²) in [7, 11) is 0. The number of alkyl carbamates (subject to hydrolysis) is 2. The Labute approximate surface area is 272 Å². The minimum atomic E-state index is -0.237. The summed E-state index contributed by atoms with van der Waals surface area (Å²) in [6.45, 7) is 6.60.